The molecular weight excluding hydrogens is 449 g/mol. The summed E-state index contributed by atoms with van der Waals surface area (Å²) >= 11 is 7.25. The first-order valence-electron chi connectivity index (χ1n) is 9.88. The molecule has 0 aliphatic heterocycles. The Bertz CT molecular complexity index is 1230. The van der Waals surface area contributed by atoms with Crippen LogP contribution in [0.3, 0.4) is 0 Å². The van der Waals surface area contributed by atoms with Crippen molar-refractivity contribution in [2.45, 2.75) is 18.5 Å². The quantitative estimate of drug-likeness (QED) is 0.368. The molecule has 0 fully saturated rings. The zero-order valence-corrected chi connectivity index (χ0v) is 18.7. The second kappa shape index (κ2) is 9.93. The summed E-state index contributed by atoms with van der Waals surface area (Å²) in [5.74, 6) is -0.0194. The van der Waals surface area contributed by atoms with E-state index in [0.29, 0.717) is 16.7 Å². The molecule has 2 aromatic heterocycles. The Morgan fingerprint density at radius 2 is 1.84 bits per heavy atom. The Balaban J connectivity index is 1.59. The van der Waals surface area contributed by atoms with E-state index in [4.69, 9.17) is 11.6 Å². The Morgan fingerprint density at radius 3 is 2.53 bits per heavy atom. The van der Waals surface area contributed by atoms with E-state index in [9.17, 15) is 9.18 Å². The number of benzene rings is 2. The van der Waals surface area contributed by atoms with Gasteiger partial charge in [-0.25, -0.2) is 4.39 Å². The zero-order chi connectivity index (χ0) is 22.5. The standard InChI is InChI=1S/C23H19ClFN5OS/c1-2-15-3-6-18(7-4-15)30-22(16-9-11-26-12-10-16)28-29-23(30)32-14-21(31)27-20-8-5-17(25)13-19(20)24/h3-13H,2,14H2,1H3,(H,27,31). The summed E-state index contributed by atoms with van der Waals surface area (Å²) < 4.78 is 15.1. The number of thioether (sulfide) groups is 1. The number of nitrogens with zero attached hydrogens (tertiary/aromatic N) is 4. The van der Waals surface area contributed by atoms with E-state index in [1.54, 1.807) is 12.4 Å². The molecule has 6 nitrogen and oxygen atoms in total. The van der Waals surface area contributed by atoms with Crippen LogP contribution in [0.5, 0.6) is 0 Å². The number of nitrogens with one attached hydrogen (secondary N) is 1. The molecule has 0 atom stereocenters. The number of hydrogen-bond acceptors (Lipinski definition) is 5. The predicted octanol–water partition coefficient (Wildman–Crippen LogP) is 5.42. The summed E-state index contributed by atoms with van der Waals surface area (Å²) in [4.78, 5) is 16.5. The summed E-state index contributed by atoms with van der Waals surface area (Å²) in [5, 5.41) is 12.1. The molecule has 0 radical (unpaired) electrons. The van der Waals surface area contributed by atoms with Crippen LogP contribution in [0, 0.1) is 5.82 Å². The van der Waals surface area contributed by atoms with Crippen LogP contribution < -0.4 is 5.32 Å². The third-order valence-corrected chi connectivity index (χ3v) is 5.95. The lowest BCUT2D eigenvalue weighted by Gasteiger charge is -2.11. The van der Waals surface area contributed by atoms with Crippen molar-refractivity contribution in [3.63, 3.8) is 0 Å². The number of rotatable bonds is 7. The van der Waals surface area contributed by atoms with Crippen LogP contribution in [-0.4, -0.2) is 31.4 Å². The molecule has 0 aliphatic rings. The number of carbonyl (C=O) groups excluding carboxylic acids is 1. The maximum Gasteiger partial charge on any atom is 0.234 e. The minimum atomic E-state index is -0.465. The van der Waals surface area contributed by atoms with Crippen molar-refractivity contribution in [3.05, 3.63) is 83.4 Å². The number of anilines is 1. The Hall–Kier alpha value is -3.23. The van der Waals surface area contributed by atoms with Crippen LogP contribution in [-0.2, 0) is 11.2 Å². The molecule has 1 amide bonds. The third kappa shape index (κ3) is 4.98. The normalized spacial score (nSPS) is 10.8. The molecule has 9 heteroatoms. The molecule has 162 valence electrons. The Labute approximate surface area is 193 Å². The minimum absolute atomic E-state index is 0.0786. The fourth-order valence-electron chi connectivity index (χ4n) is 3.07. The molecule has 2 heterocycles. The van der Waals surface area contributed by atoms with Gasteiger partial charge in [0.1, 0.15) is 5.82 Å². The van der Waals surface area contributed by atoms with Gasteiger partial charge in [-0.1, -0.05) is 42.4 Å². The maximum absolute atomic E-state index is 13.2. The largest absolute Gasteiger partial charge is 0.324 e. The van der Waals surface area contributed by atoms with Gasteiger partial charge < -0.3 is 5.32 Å². The van der Waals surface area contributed by atoms with Gasteiger partial charge in [0.05, 0.1) is 16.5 Å². The number of amides is 1. The van der Waals surface area contributed by atoms with Gasteiger partial charge in [0.2, 0.25) is 5.91 Å². The number of aromatic nitrogens is 4. The van der Waals surface area contributed by atoms with Crippen molar-refractivity contribution in [1.29, 1.82) is 0 Å². The molecule has 0 bridgehead atoms. The van der Waals surface area contributed by atoms with Crippen LogP contribution in [0.4, 0.5) is 10.1 Å². The smallest absolute Gasteiger partial charge is 0.234 e. The van der Waals surface area contributed by atoms with E-state index in [0.717, 1.165) is 23.7 Å². The van der Waals surface area contributed by atoms with Crippen molar-refractivity contribution >= 4 is 35.0 Å². The van der Waals surface area contributed by atoms with E-state index < -0.39 is 5.82 Å². The van der Waals surface area contributed by atoms with Gasteiger partial charge in [0.25, 0.3) is 0 Å². The highest BCUT2D eigenvalue weighted by atomic mass is 35.5. The lowest BCUT2D eigenvalue weighted by atomic mass is 10.1. The van der Waals surface area contributed by atoms with Crippen molar-refractivity contribution in [3.8, 4) is 17.1 Å². The highest BCUT2D eigenvalue weighted by Crippen LogP contribution is 2.28. The molecule has 1 N–H and O–H groups in total. The molecule has 4 rings (SSSR count). The molecule has 2 aromatic carbocycles. The molecule has 4 aromatic rings. The first-order valence-corrected chi connectivity index (χ1v) is 11.2. The minimum Gasteiger partial charge on any atom is -0.324 e. The molecule has 0 spiro atoms. The van der Waals surface area contributed by atoms with Gasteiger partial charge in [0, 0.05) is 23.6 Å². The Kier molecular flexibility index (Phi) is 6.82. The highest BCUT2D eigenvalue weighted by molar-refractivity contribution is 7.99. The van der Waals surface area contributed by atoms with Crippen molar-refractivity contribution in [2.24, 2.45) is 0 Å². The van der Waals surface area contributed by atoms with E-state index in [-0.39, 0.29) is 16.7 Å². The molecule has 0 saturated heterocycles. The molecule has 32 heavy (non-hydrogen) atoms. The summed E-state index contributed by atoms with van der Waals surface area (Å²) in [5.41, 5.74) is 3.33. The van der Waals surface area contributed by atoms with Crippen LogP contribution in [0.1, 0.15) is 12.5 Å². The number of pyridine rings is 1. The van der Waals surface area contributed by atoms with Gasteiger partial charge >= 0.3 is 0 Å². The number of halogens is 2. The second-order valence-electron chi connectivity index (χ2n) is 6.86. The summed E-state index contributed by atoms with van der Waals surface area (Å²) in [6, 6.07) is 15.7. The summed E-state index contributed by atoms with van der Waals surface area (Å²) in [7, 11) is 0. The summed E-state index contributed by atoms with van der Waals surface area (Å²) in [6.07, 6.45) is 4.33. The van der Waals surface area contributed by atoms with Gasteiger partial charge in [0.15, 0.2) is 11.0 Å². The van der Waals surface area contributed by atoms with Crippen molar-refractivity contribution in [2.75, 3.05) is 11.1 Å². The van der Waals surface area contributed by atoms with Gasteiger partial charge in [-0.3, -0.25) is 14.3 Å². The van der Waals surface area contributed by atoms with Crippen LogP contribution in [0.15, 0.2) is 72.1 Å². The third-order valence-electron chi connectivity index (χ3n) is 4.71. The Morgan fingerprint density at radius 1 is 1.09 bits per heavy atom. The maximum atomic E-state index is 13.2. The molecule has 0 unspecified atom stereocenters. The lowest BCUT2D eigenvalue weighted by Crippen LogP contribution is -2.15. The van der Waals surface area contributed by atoms with E-state index in [2.05, 4.69) is 39.6 Å². The number of carbonyl (C=O) groups is 1. The predicted molar refractivity (Wildman–Crippen MR) is 125 cm³/mol. The van der Waals surface area contributed by atoms with Crippen LogP contribution in [0.25, 0.3) is 17.1 Å². The van der Waals surface area contributed by atoms with Crippen molar-refractivity contribution < 1.29 is 9.18 Å². The molecule has 0 saturated carbocycles. The van der Waals surface area contributed by atoms with Crippen molar-refractivity contribution in [1.82, 2.24) is 19.7 Å². The van der Waals surface area contributed by atoms with Crippen LogP contribution >= 0.6 is 23.4 Å². The van der Waals surface area contributed by atoms with E-state index in [1.165, 1.54) is 29.5 Å². The SMILES string of the molecule is CCc1ccc(-n2c(SCC(=O)Nc3ccc(F)cc3Cl)nnc2-c2ccncc2)cc1. The first-order chi connectivity index (χ1) is 15.5. The second-order valence-corrected chi connectivity index (χ2v) is 8.21. The van der Waals surface area contributed by atoms with Gasteiger partial charge in [-0.2, -0.15) is 0 Å². The zero-order valence-electron chi connectivity index (χ0n) is 17.1. The molecule has 0 aliphatic carbocycles. The van der Waals surface area contributed by atoms with E-state index in [1.807, 2.05) is 28.8 Å². The van der Waals surface area contributed by atoms with Gasteiger partial charge in [-0.15, -0.1) is 10.2 Å². The highest BCUT2D eigenvalue weighted by Gasteiger charge is 2.18. The number of hydrogen-bond donors (Lipinski definition) is 1. The first kappa shape index (κ1) is 22.0. The average molecular weight is 468 g/mol. The molecular formula is C23H19ClFN5OS. The summed E-state index contributed by atoms with van der Waals surface area (Å²) in [6.45, 7) is 2.10. The topological polar surface area (TPSA) is 72.7 Å². The van der Waals surface area contributed by atoms with Gasteiger partial charge in [-0.05, 0) is 54.4 Å². The fraction of sp³-hybridized carbons (Fsp3) is 0.130. The van der Waals surface area contributed by atoms with E-state index >= 15 is 0 Å². The monoisotopic (exact) mass is 467 g/mol. The van der Waals surface area contributed by atoms with Crippen LogP contribution in [0.2, 0.25) is 5.02 Å². The average Bonchev–Trinajstić information content (AvgIpc) is 3.24. The number of aryl methyl sites for hydroxylation is 1. The fourth-order valence-corrected chi connectivity index (χ4v) is 4.04. The lowest BCUT2D eigenvalue weighted by molar-refractivity contribution is -0.113.